The third-order valence-electron chi connectivity index (χ3n) is 4.83. The van der Waals surface area contributed by atoms with Gasteiger partial charge >= 0.3 is 0 Å². The highest BCUT2D eigenvalue weighted by Gasteiger charge is 2.26. The molecule has 150 valence electrons. The Hall–Kier alpha value is -3.42. The molecule has 1 saturated heterocycles. The molecule has 1 N–H and O–H groups in total. The van der Waals surface area contributed by atoms with Crippen LogP contribution in [0.4, 0.5) is 4.39 Å². The van der Waals surface area contributed by atoms with Crippen LogP contribution in [0, 0.1) is 5.82 Å². The third kappa shape index (κ3) is 4.53. The molecular formula is C21H23FN6O. The van der Waals surface area contributed by atoms with Crippen LogP contribution in [-0.4, -0.2) is 51.6 Å². The van der Waals surface area contributed by atoms with Crippen molar-refractivity contribution >= 4 is 5.96 Å². The van der Waals surface area contributed by atoms with Crippen molar-refractivity contribution in [2.75, 3.05) is 20.1 Å². The summed E-state index contributed by atoms with van der Waals surface area (Å²) in [6.07, 6.45) is 7.60. The number of aromatic nitrogens is 3. The minimum atomic E-state index is -0.290. The van der Waals surface area contributed by atoms with Crippen LogP contribution in [0.3, 0.4) is 0 Å². The van der Waals surface area contributed by atoms with E-state index in [2.05, 4.69) is 25.2 Å². The fraction of sp³-hybridized carbons (Fsp3) is 0.286. The first kappa shape index (κ1) is 18.9. The Kier molecular flexibility index (Phi) is 5.69. The van der Waals surface area contributed by atoms with E-state index in [-0.39, 0.29) is 11.9 Å². The molecular weight excluding hydrogens is 371 g/mol. The van der Waals surface area contributed by atoms with Gasteiger partial charge in [0, 0.05) is 51.2 Å². The number of halogens is 1. The van der Waals surface area contributed by atoms with Gasteiger partial charge in [0.2, 0.25) is 5.88 Å². The van der Waals surface area contributed by atoms with E-state index >= 15 is 0 Å². The van der Waals surface area contributed by atoms with Crippen LogP contribution in [0.2, 0.25) is 0 Å². The molecule has 1 aromatic carbocycles. The van der Waals surface area contributed by atoms with Crippen LogP contribution in [-0.2, 0) is 6.54 Å². The summed E-state index contributed by atoms with van der Waals surface area (Å²) in [6.45, 7) is 2.05. The number of imidazole rings is 1. The van der Waals surface area contributed by atoms with Crippen LogP contribution in [0.1, 0.15) is 12.0 Å². The van der Waals surface area contributed by atoms with Gasteiger partial charge in [-0.2, -0.15) is 0 Å². The van der Waals surface area contributed by atoms with Gasteiger partial charge in [-0.15, -0.1) is 0 Å². The van der Waals surface area contributed by atoms with E-state index in [1.54, 1.807) is 42.6 Å². The van der Waals surface area contributed by atoms with E-state index < -0.39 is 0 Å². The number of hydrogen-bond donors (Lipinski definition) is 1. The fourth-order valence-corrected chi connectivity index (χ4v) is 3.39. The van der Waals surface area contributed by atoms with E-state index in [4.69, 9.17) is 4.74 Å². The molecule has 0 spiro atoms. The number of hydrogen-bond acceptors (Lipinski definition) is 4. The number of benzene rings is 1. The highest BCUT2D eigenvalue weighted by Crippen LogP contribution is 2.17. The van der Waals surface area contributed by atoms with E-state index in [1.807, 2.05) is 24.3 Å². The first-order chi connectivity index (χ1) is 14.2. The first-order valence-electron chi connectivity index (χ1n) is 9.53. The number of rotatable bonds is 5. The Morgan fingerprint density at radius 2 is 2.24 bits per heavy atom. The maximum absolute atomic E-state index is 14.4. The first-order valence-corrected chi connectivity index (χ1v) is 9.53. The molecule has 3 heterocycles. The minimum Gasteiger partial charge on any atom is -0.472 e. The molecule has 1 fully saturated rings. The van der Waals surface area contributed by atoms with Gasteiger partial charge in [-0.1, -0.05) is 12.1 Å². The zero-order valence-corrected chi connectivity index (χ0v) is 16.2. The molecule has 29 heavy (non-hydrogen) atoms. The Labute approximate surface area is 168 Å². The number of nitrogens with one attached hydrogen (secondary N) is 1. The average molecular weight is 394 g/mol. The zero-order valence-electron chi connectivity index (χ0n) is 16.2. The number of likely N-dealkylation sites (tertiary alicyclic amines) is 1. The minimum absolute atomic E-state index is 0.0651. The molecule has 1 atom stereocenters. The average Bonchev–Trinajstić information content (AvgIpc) is 3.42. The lowest BCUT2D eigenvalue weighted by Gasteiger charge is -2.22. The normalized spacial score (nSPS) is 16.8. The summed E-state index contributed by atoms with van der Waals surface area (Å²) in [5.41, 5.74) is 1.32. The number of aliphatic imine (C=N–C) groups is 1. The summed E-state index contributed by atoms with van der Waals surface area (Å²) in [7, 11) is 1.75. The Morgan fingerprint density at radius 1 is 1.31 bits per heavy atom. The lowest BCUT2D eigenvalue weighted by Crippen LogP contribution is -2.40. The van der Waals surface area contributed by atoms with Gasteiger partial charge in [-0.25, -0.2) is 14.4 Å². The van der Waals surface area contributed by atoms with Crippen molar-refractivity contribution in [2.24, 2.45) is 4.99 Å². The van der Waals surface area contributed by atoms with E-state index in [1.165, 1.54) is 6.07 Å². The molecule has 7 nitrogen and oxygen atoms in total. The third-order valence-corrected chi connectivity index (χ3v) is 4.83. The van der Waals surface area contributed by atoms with Crippen molar-refractivity contribution < 1.29 is 9.13 Å². The quantitative estimate of drug-likeness (QED) is 0.532. The van der Waals surface area contributed by atoms with Crippen molar-refractivity contribution in [2.45, 2.75) is 19.1 Å². The van der Waals surface area contributed by atoms with Crippen LogP contribution in [0.15, 0.2) is 66.3 Å². The topological polar surface area (TPSA) is 67.6 Å². The highest BCUT2D eigenvalue weighted by atomic mass is 19.1. The van der Waals surface area contributed by atoms with Crippen molar-refractivity contribution in [1.82, 2.24) is 24.8 Å². The molecule has 0 bridgehead atoms. The Bertz CT molecular complexity index is 961. The number of guanidine groups is 1. The van der Waals surface area contributed by atoms with E-state index in [0.717, 1.165) is 31.0 Å². The van der Waals surface area contributed by atoms with Gasteiger partial charge in [0.05, 0.1) is 18.6 Å². The van der Waals surface area contributed by atoms with Crippen LogP contribution in [0.5, 0.6) is 5.88 Å². The second-order valence-electron chi connectivity index (χ2n) is 6.80. The lowest BCUT2D eigenvalue weighted by molar-refractivity contribution is 0.205. The Morgan fingerprint density at radius 3 is 2.97 bits per heavy atom. The summed E-state index contributed by atoms with van der Waals surface area (Å²) >= 11 is 0. The van der Waals surface area contributed by atoms with Crippen LogP contribution in [0.25, 0.3) is 5.69 Å². The van der Waals surface area contributed by atoms with Crippen molar-refractivity contribution in [3.63, 3.8) is 0 Å². The SMILES string of the molecule is CN=C(NCc1ccc(-n2ccnc2)c(F)c1)N1CCC(Oc2ccccn2)C1. The molecule has 2 aromatic heterocycles. The molecule has 1 unspecified atom stereocenters. The molecule has 0 amide bonds. The summed E-state index contributed by atoms with van der Waals surface area (Å²) in [5.74, 6) is 1.12. The predicted octanol–water partition coefficient (Wildman–Crippen LogP) is 2.64. The molecule has 1 aliphatic heterocycles. The van der Waals surface area contributed by atoms with Gasteiger partial charge in [-0.3, -0.25) is 4.99 Å². The molecule has 8 heteroatoms. The van der Waals surface area contributed by atoms with Crippen molar-refractivity contribution in [3.05, 3.63) is 72.7 Å². The standard InChI is InChI=1S/C21H23FN6O/c1-23-21(27-10-7-17(14-27)29-20-4-2-3-8-25-20)26-13-16-5-6-19(18(22)12-16)28-11-9-24-15-28/h2-6,8-9,11-12,15,17H,7,10,13-14H2,1H3,(H,23,26). The maximum atomic E-state index is 14.4. The fourth-order valence-electron chi connectivity index (χ4n) is 3.39. The van der Waals surface area contributed by atoms with Crippen LogP contribution < -0.4 is 10.1 Å². The molecule has 1 aliphatic rings. The van der Waals surface area contributed by atoms with Gasteiger partial charge in [0.25, 0.3) is 0 Å². The highest BCUT2D eigenvalue weighted by molar-refractivity contribution is 5.80. The summed E-state index contributed by atoms with van der Waals surface area (Å²) in [6, 6.07) is 10.8. The van der Waals surface area contributed by atoms with E-state index in [0.29, 0.717) is 18.1 Å². The summed E-state index contributed by atoms with van der Waals surface area (Å²) in [4.78, 5) is 14.7. The summed E-state index contributed by atoms with van der Waals surface area (Å²) in [5, 5.41) is 3.31. The second kappa shape index (κ2) is 8.72. The number of pyridine rings is 1. The molecule has 4 rings (SSSR count). The predicted molar refractivity (Wildman–Crippen MR) is 109 cm³/mol. The van der Waals surface area contributed by atoms with Crippen molar-refractivity contribution in [1.29, 1.82) is 0 Å². The van der Waals surface area contributed by atoms with Gasteiger partial charge in [0.15, 0.2) is 5.96 Å². The lowest BCUT2D eigenvalue weighted by atomic mass is 10.2. The van der Waals surface area contributed by atoms with Gasteiger partial charge in [0.1, 0.15) is 11.9 Å². The van der Waals surface area contributed by atoms with Gasteiger partial charge in [-0.05, 0) is 23.8 Å². The zero-order chi connectivity index (χ0) is 20.1. The number of ether oxygens (including phenoxy) is 1. The van der Waals surface area contributed by atoms with E-state index in [9.17, 15) is 4.39 Å². The van der Waals surface area contributed by atoms with Crippen molar-refractivity contribution in [3.8, 4) is 11.6 Å². The second-order valence-corrected chi connectivity index (χ2v) is 6.80. The van der Waals surface area contributed by atoms with Gasteiger partial charge < -0.3 is 19.5 Å². The maximum Gasteiger partial charge on any atom is 0.213 e. The largest absolute Gasteiger partial charge is 0.472 e. The summed E-state index contributed by atoms with van der Waals surface area (Å²) < 4.78 is 22.0. The smallest absolute Gasteiger partial charge is 0.213 e. The molecule has 0 saturated carbocycles. The number of nitrogens with zero attached hydrogens (tertiary/aromatic N) is 5. The monoisotopic (exact) mass is 394 g/mol. The molecule has 0 radical (unpaired) electrons. The van der Waals surface area contributed by atoms with Crippen LogP contribution >= 0.6 is 0 Å². The Balaban J connectivity index is 1.33. The molecule has 0 aliphatic carbocycles. The molecule has 3 aromatic rings.